The number of nitrogens with zero attached hydrogens (tertiary/aromatic N) is 1. The number of Topliss-reactive ketones (excluding diaryl/α,β-unsaturated/α-hetero) is 1. The minimum atomic E-state index is -0.792. The van der Waals surface area contributed by atoms with Gasteiger partial charge in [-0.1, -0.05) is 90.0 Å². The SMILES string of the molecule is CCN(CCCCCCCCCCCCCCCC1=C(C)C(=O)CCC1(C)C)C(=O)O. The maximum absolute atomic E-state index is 12.0. The van der Waals surface area contributed by atoms with E-state index < -0.39 is 6.09 Å². The van der Waals surface area contributed by atoms with Crippen LogP contribution in [-0.2, 0) is 4.79 Å². The molecule has 0 fully saturated rings. The Balaban J connectivity index is 1.91. The summed E-state index contributed by atoms with van der Waals surface area (Å²) >= 11 is 0. The molecule has 0 aromatic carbocycles. The molecule has 0 aromatic rings. The lowest BCUT2D eigenvalue weighted by molar-refractivity contribution is -0.116. The number of unbranched alkanes of at least 4 members (excludes halogenated alkanes) is 12. The minimum Gasteiger partial charge on any atom is -0.465 e. The zero-order valence-corrected chi connectivity index (χ0v) is 20.9. The first-order chi connectivity index (χ1) is 14.8. The molecule has 0 saturated heterocycles. The van der Waals surface area contributed by atoms with Crippen LogP contribution in [0, 0.1) is 5.41 Å². The number of hydrogen-bond acceptors (Lipinski definition) is 2. The molecule has 0 bridgehead atoms. The van der Waals surface area contributed by atoms with Crippen LogP contribution in [0.2, 0.25) is 0 Å². The van der Waals surface area contributed by atoms with Crippen molar-refractivity contribution in [2.75, 3.05) is 13.1 Å². The van der Waals surface area contributed by atoms with Gasteiger partial charge in [0.25, 0.3) is 0 Å². The van der Waals surface area contributed by atoms with Crippen LogP contribution < -0.4 is 0 Å². The van der Waals surface area contributed by atoms with Crippen molar-refractivity contribution in [3.05, 3.63) is 11.1 Å². The van der Waals surface area contributed by atoms with Gasteiger partial charge in [-0.15, -0.1) is 0 Å². The summed E-state index contributed by atoms with van der Waals surface area (Å²) in [6.45, 7) is 9.81. The van der Waals surface area contributed by atoms with Gasteiger partial charge in [0.05, 0.1) is 0 Å². The van der Waals surface area contributed by atoms with Crippen LogP contribution in [0.1, 0.15) is 130 Å². The van der Waals surface area contributed by atoms with Crippen LogP contribution in [0.5, 0.6) is 0 Å². The maximum Gasteiger partial charge on any atom is 0.407 e. The Bertz CT molecular complexity index is 565. The van der Waals surface area contributed by atoms with E-state index in [9.17, 15) is 9.59 Å². The molecule has 0 aromatic heterocycles. The van der Waals surface area contributed by atoms with E-state index in [1.165, 1.54) is 81.1 Å². The van der Waals surface area contributed by atoms with Gasteiger partial charge >= 0.3 is 6.09 Å². The molecule has 0 unspecified atom stereocenters. The molecule has 0 radical (unpaired) electrons. The maximum atomic E-state index is 12.0. The molecule has 0 atom stereocenters. The quantitative estimate of drug-likeness (QED) is 0.234. The zero-order chi connectivity index (χ0) is 23.1. The van der Waals surface area contributed by atoms with E-state index in [0.29, 0.717) is 18.9 Å². The number of carbonyl (C=O) groups excluding carboxylic acids is 1. The van der Waals surface area contributed by atoms with Gasteiger partial charge in [-0.25, -0.2) is 4.79 Å². The topological polar surface area (TPSA) is 57.6 Å². The van der Waals surface area contributed by atoms with Gasteiger partial charge in [-0.05, 0) is 50.5 Å². The first-order valence-corrected chi connectivity index (χ1v) is 13.0. The molecule has 1 amide bonds. The highest BCUT2D eigenvalue weighted by atomic mass is 16.4. The van der Waals surface area contributed by atoms with Crippen LogP contribution in [0.3, 0.4) is 0 Å². The van der Waals surface area contributed by atoms with Gasteiger partial charge in [-0.2, -0.15) is 0 Å². The molecule has 0 spiro atoms. The summed E-state index contributed by atoms with van der Waals surface area (Å²) < 4.78 is 0. The number of carboxylic acid groups (broad SMARTS) is 1. The molecule has 180 valence electrons. The average Bonchev–Trinajstić information content (AvgIpc) is 2.72. The van der Waals surface area contributed by atoms with Crippen molar-refractivity contribution in [2.45, 2.75) is 130 Å². The summed E-state index contributed by atoms with van der Waals surface area (Å²) in [5.74, 6) is 0.371. The van der Waals surface area contributed by atoms with Gasteiger partial charge < -0.3 is 10.0 Å². The summed E-state index contributed by atoms with van der Waals surface area (Å²) in [4.78, 5) is 24.4. The Kier molecular flexibility index (Phi) is 13.8. The molecule has 4 heteroatoms. The van der Waals surface area contributed by atoms with Crippen LogP contribution >= 0.6 is 0 Å². The van der Waals surface area contributed by atoms with Crippen molar-refractivity contribution in [3.63, 3.8) is 0 Å². The first-order valence-electron chi connectivity index (χ1n) is 13.0. The Morgan fingerprint density at radius 3 is 1.77 bits per heavy atom. The first kappa shape index (κ1) is 27.7. The average molecular weight is 436 g/mol. The molecule has 1 rings (SSSR count). The monoisotopic (exact) mass is 435 g/mol. The van der Waals surface area contributed by atoms with E-state index in [1.54, 1.807) is 0 Å². The number of ketones is 1. The van der Waals surface area contributed by atoms with Crippen LogP contribution in [0.15, 0.2) is 11.1 Å². The van der Waals surface area contributed by atoms with E-state index in [0.717, 1.165) is 37.7 Å². The fourth-order valence-corrected chi connectivity index (χ4v) is 4.90. The Morgan fingerprint density at radius 2 is 1.32 bits per heavy atom. The standard InChI is InChI=1S/C27H49NO3/c1-5-28(26(30)31)22-18-16-14-12-10-8-6-7-9-11-13-15-17-19-24-23(2)25(29)20-21-27(24,3)4/h5-22H2,1-4H3,(H,30,31). The number of hydrogen-bond donors (Lipinski definition) is 1. The third-order valence-electron chi connectivity index (χ3n) is 7.17. The Hall–Kier alpha value is -1.32. The van der Waals surface area contributed by atoms with E-state index in [-0.39, 0.29) is 5.41 Å². The second-order valence-corrected chi connectivity index (χ2v) is 10.1. The molecule has 31 heavy (non-hydrogen) atoms. The molecule has 1 aliphatic rings. The normalized spacial score (nSPS) is 16.1. The second-order valence-electron chi connectivity index (χ2n) is 10.1. The van der Waals surface area contributed by atoms with Crippen molar-refractivity contribution < 1.29 is 14.7 Å². The summed E-state index contributed by atoms with van der Waals surface area (Å²) in [5.41, 5.74) is 2.69. The Morgan fingerprint density at radius 1 is 0.871 bits per heavy atom. The van der Waals surface area contributed by atoms with Crippen molar-refractivity contribution in [2.24, 2.45) is 5.41 Å². The highest BCUT2D eigenvalue weighted by molar-refractivity contribution is 5.96. The molecular weight excluding hydrogens is 386 g/mol. The van der Waals surface area contributed by atoms with E-state index in [2.05, 4.69) is 13.8 Å². The highest BCUT2D eigenvalue weighted by Crippen LogP contribution is 2.41. The van der Waals surface area contributed by atoms with Crippen LogP contribution in [-0.4, -0.2) is 35.0 Å². The summed E-state index contributed by atoms with van der Waals surface area (Å²) in [6, 6.07) is 0. The summed E-state index contributed by atoms with van der Waals surface area (Å²) in [6.07, 6.45) is 18.6. The second kappa shape index (κ2) is 15.5. The fraction of sp³-hybridized carbons (Fsp3) is 0.852. The molecule has 1 aliphatic carbocycles. The molecule has 0 saturated carbocycles. The van der Waals surface area contributed by atoms with Gasteiger partial charge in [0.2, 0.25) is 0 Å². The molecule has 4 nitrogen and oxygen atoms in total. The lowest BCUT2D eigenvalue weighted by Crippen LogP contribution is -2.29. The van der Waals surface area contributed by atoms with Gasteiger partial charge in [0, 0.05) is 19.5 Å². The number of amides is 1. The van der Waals surface area contributed by atoms with Gasteiger partial charge in [0.15, 0.2) is 5.78 Å². The third-order valence-corrected chi connectivity index (χ3v) is 7.17. The van der Waals surface area contributed by atoms with Crippen LogP contribution in [0.4, 0.5) is 4.79 Å². The zero-order valence-electron chi connectivity index (χ0n) is 20.9. The minimum absolute atomic E-state index is 0.215. The van der Waals surface area contributed by atoms with Crippen molar-refractivity contribution in [1.29, 1.82) is 0 Å². The predicted octanol–water partition coefficient (Wildman–Crippen LogP) is 8.15. The van der Waals surface area contributed by atoms with E-state index >= 15 is 0 Å². The molecule has 0 aliphatic heterocycles. The lowest BCUT2D eigenvalue weighted by Gasteiger charge is -2.34. The van der Waals surface area contributed by atoms with E-state index in [1.807, 2.05) is 13.8 Å². The Labute approximate surface area is 191 Å². The van der Waals surface area contributed by atoms with Crippen LogP contribution in [0.25, 0.3) is 0 Å². The lowest BCUT2D eigenvalue weighted by atomic mass is 9.70. The van der Waals surface area contributed by atoms with E-state index in [4.69, 9.17) is 5.11 Å². The highest BCUT2D eigenvalue weighted by Gasteiger charge is 2.31. The number of carbonyl (C=O) groups is 2. The largest absolute Gasteiger partial charge is 0.465 e. The molecule has 1 N–H and O–H groups in total. The third kappa shape index (κ3) is 11.2. The smallest absolute Gasteiger partial charge is 0.407 e. The molecular formula is C27H49NO3. The molecule has 0 heterocycles. The van der Waals surface area contributed by atoms with Crippen molar-refractivity contribution in [1.82, 2.24) is 4.90 Å². The summed E-state index contributed by atoms with van der Waals surface area (Å²) in [5, 5.41) is 8.98. The summed E-state index contributed by atoms with van der Waals surface area (Å²) in [7, 11) is 0. The number of allylic oxidation sites excluding steroid dienone is 2. The number of rotatable bonds is 17. The van der Waals surface area contributed by atoms with Gasteiger partial charge in [-0.3, -0.25) is 4.79 Å². The predicted molar refractivity (Wildman–Crippen MR) is 131 cm³/mol. The van der Waals surface area contributed by atoms with Gasteiger partial charge in [0.1, 0.15) is 0 Å². The van der Waals surface area contributed by atoms with Crippen molar-refractivity contribution in [3.8, 4) is 0 Å². The fourth-order valence-electron chi connectivity index (χ4n) is 4.90. The van der Waals surface area contributed by atoms with Crippen molar-refractivity contribution >= 4 is 11.9 Å².